The van der Waals surface area contributed by atoms with Crippen molar-refractivity contribution in [2.75, 3.05) is 20.6 Å². The van der Waals surface area contributed by atoms with Gasteiger partial charge in [-0.25, -0.2) is 9.98 Å². The first-order valence-corrected chi connectivity index (χ1v) is 8.37. The fraction of sp³-hybridized carbons (Fsp3) is 0.316. The van der Waals surface area contributed by atoms with E-state index in [-0.39, 0.29) is 5.78 Å². The summed E-state index contributed by atoms with van der Waals surface area (Å²) in [4.78, 5) is 23.8. The number of halogens is 1. The number of fused-ring (bicyclic) bond motifs is 1. The molecule has 0 aliphatic carbocycles. The predicted molar refractivity (Wildman–Crippen MR) is 97.7 cm³/mol. The fourth-order valence-corrected chi connectivity index (χ4v) is 3.04. The summed E-state index contributed by atoms with van der Waals surface area (Å²) in [7, 11) is 4.09. The molecule has 2 aromatic rings. The lowest BCUT2D eigenvalue weighted by atomic mass is 9.97. The monoisotopic (exact) mass is 341 g/mol. The van der Waals surface area contributed by atoms with Gasteiger partial charge in [0.25, 0.3) is 0 Å². The van der Waals surface area contributed by atoms with E-state index in [1.165, 1.54) is 0 Å². The number of carbonyl (C=O) groups is 1. The van der Waals surface area contributed by atoms with Gasteiger partial charge in [0.15, 0.2) is 11.6 Å². The van der Waals surface area contributed by atoms with E-state index in [2.05, 4.69) is 14.9 Å². The first kappa shape index (κ1) is 16.8. The SMILES string of the molecule is CN(C)CCC1=Nc2nccc(C(=O)Cc3cccc(Cl)c3)c2C1. The summed E-state index contributed by atoms with van der Waals surface area (Å²) < 4.78 is 0. The Morgan fingerprint density at radius 2 is 2.12 bits per heavy atom. The molecule has 0 spiro atoms. The van der Waals surface area contributed by atoms with Crippen LogP contribution in [0.4, 0.5) is 5.82 Å². The highest BCUT2D eigenvalue weighted by molar-refractivity contribution is 6.30. The predicted octanol–water partition coefficient (Wildman–Crippen LogP) is 3.74. The van der Waals surface area contributed by atoms with E-state index in [0.29, 0.717) is 23.7 Å². The number of ketones is 1. The molecule has 0 fully saturated rings. The van der Waals surface area contributed by atoms with Crippen LogP contribution in [0.25, 0.3) is 0 Å². The second-order valence-corrected chi connectivity index (χ2v) is 6.74. The maximum atomic E-state index is 12.7. The third kappa shape index (κ3) is 3.89. The highest BCUT2D eigenvalue weighted by Gasteiger charge is 2.22. The number of aliphatic imine (C=N–C) groups is 1. The largest absolute Gasteiger partial charge is 0.309 e. The first-order chi connectivity index (χ1) is 11.5. The quantitative estimate of drug-likeness (QED) is 0.752. The van der Waals surface area contributed by atoms with Crippen LogP contribution < -0.4 is 0 Å². The van der Waals surface area contributed by atoms with Crippen molar-refractivity contribution >= 4 is 28.9 Å². The average Bonchev–Trinajstić information content (AvgIpc) is 2.95. The smallest absolute Gasteiger partial charge is 0.167 e. The molecule has 1 aromatic carbocycles. The van der Waals surface area contributed by atoms with Crippen molar-refractivity contribution in [3.05, 3.63) is 58.2 Å². The molecule has 0 saturated carbocycles. The third-order valence-electron chi connectivity index (χ3n) is 4.08. The summed E-state index contributed by atoms with van der Waals surface area (Å²) in [6.45, 7) is 0.943. The Bertz CT molecular complexity index is 799. The Kier molecular flexibility index (Phi) is 5.07. The van der Waals surface area contributed by atoms with Crippen LogP contribution in [-0.2, 0) is 12.8 Å². The summed E-state index contributed by atoms with van der Waals surface area (Å²) in [5.74, 6) is 0.778. The van der Waals surface area contributed by atoms with Crippen molar-refractivity contribution in [1.29, 1.82) is 0 Å². The van der Waals surface area contributed by atoms with Gasteiger partial charge in [0.1, 0.15) is 0 Å². The van der Waals surface area contributed by atoms with E-state index in [4.69, 9.17) is 11.6 Å². The summed E-state index contributed by atoms with van der Waals surface area (Å²) in [6.07, 6.45) is 3.62. The second-order valence-electron chi connectivity index (χ2n) is 6.30. The minimum absolute atomic E-state index is 0.0833. The molecule has 124 valence electrons. The molecule has 24 heavy (non-hydrogen) atoms. The van der Waals surface area contributed by atoms with Crippen LogP contribution in [0.2, 0.25) is 5.02 Å². The van der Waals surface area contributed by atoms with Gasteiger partial charge in [-0.2, -0.15) is 0 Å². The van der Waals surface area contributed by atoms with Gasteiger partial charge >= 0.3 is 0 Å². The number of hydrogen-bond acceptors (Lipinski definition) is 4. The van der Waals surface area contributed by atoms with E-state index >= 15 is 0 Å². The van der Waals surface area contributed by atoms with Crippen molar-refractivity contribution in [2.45, 2.75) is 19.3 Å². The Morgan fingerprint density at radius 1 is 1.29 bits per heavy atom. The lowest BCUT2D eigenvalue weighted by molar-refractivity contribution is 0.0992. The molecule has 1 aromatic heterocycles. The molecular weight excluding hydrogens is 322 g/mol. The van der Waals surface area contributed by atoms with Gasteiger partial charge in [-0.15, -0.1) is 0 Å². The van der Waals surface area contributed by atoms with E-state index < -0.39 is 0 Å². The van der Waals surface area contributed by atoms with E-state index in [9.17, 15) is 4.79 Å². The number of Topliss-reactive ketones (excluding diaryl/α,β-unsaturated/α-hetero) is 1. The number of pyridine rings is 1. The van der Waals surface area contributed by atoms with Gasteiger partial charge in [0, 0.05) is 47.4 Å². The number of aromatic nitrogens is 1. The van der Waals surface area contributed by atoms with Crippen LogP contribution in [0.15, 0.2) is 41.5 Å². The molecule has 4 nitrogen and oxygen atoms in total. The molecule has 0 saturated heterocycles. The zero-order valence-corrected chi connectivity index (χ0v) is 14.7. The molecular formula is C19H20ClN3O. The highest BCUT2D eigenvalue weighted by atomic mass is 35.5. The number of hydrogen-bond donors (Lipinski definition) is 0. The fourth-order valence-electron chi connectivity index (χ4n) is 2.83. The van der Waals surface area contributed by atoms with Gasteiger partial charge in [-0.3, -0.25) is 4.79 Å². The molecule has 3 rings (SSSR count). The zero-order chi connectivity index (χ0) is 17.1. The third-order valence-corrected chi connectivity index (χ3v) is 4.31. The Labute approximate surface area is 147 Å². The molecule has 0 radical (unpaired) electrons. The van der Waals surface area contributed by atoms with Crippen LogP contribution in [0.5, 0.6) is 0 Å². The van der Waals surface area contributed by atoms with E-state index in [1.807, 2.05) is 38.4 Å². The standard InChI is InChI=1S/C19H20ClN3O/c1-23(2)9-7-15-12-17-16(6-8-21-19(17)22-15)18(24)11-13-4-3-5-14(20)10-13/h3-6,8,10H,7,9,11-12H2,1-2H3. The maximum absolute atomic E-state index is 12.7. The Morgan fingerprint density at radius 3 is 2.88 bits per heavy atom. The minimum Gasteiger partial charge on any atom is -0.309 e. The van der Waals surface area contributed by atoms with Gasteiger partial charge in [0.2, 0.25) is 0 Å². The van der Waals surface area contributed by atoms with Gasteiger partial charge in [-0.1, -0.05) is 23.7 Å². The lowest BCUT2D eigenvalue weighted by Gasteiger charge is -2.09. The van der Waals surface area contributed by atoms with Crippen LogP contribution >= 0.6 is 11.6 Å². The van der Waals surface area contributed by atoms with Crippen molar-refractivity contribution in [3.63, 3.8) is 0 Å². The van der Waals surface area contributed by atoms with Gasteiger partial charge < -0.3 is 4.90 Å². The highest BCUT2D eigenvalue weighted by Crippen LogP contribution is 2.29. The first-order valence-electron chi connectivity index (χ1n) is 7.99. The maximum Gasteiger partial charge on any atom is 0.167 e. The molecule has 5 heteroatoms. The molecule has 1 aliphatic rings. The molecule has 1 aliphatic heterocycles. The zero-order valence-electron chi connectivity index (χ0n) is 13.9. The summed E-state index contributed by atoms with van der Waals surface area (Å²) >= 11 is 6.00. The lowest BCUT2D eigenvalue weighted by Crippen LogP contribution is -2.17. The second kappa shape index (κ2) is 7.24. The van der Waals surface area contributed by atoms with Crippen molar-refractivity contribution in [1.82, 2.24) is 9.88 Å². The Balaban J connectivity index is 1.76. The topological polar surface area (TPSA) is 45.6 Å². The van der Waals surface area contributed by atoms with E-state index in [0.717, 1.165) is 35.4 Å². The minimum atomic E-state index is 0.0833. The van der Waals surface area contributed by atoms with Crippen LogP contribution in [0, 0.1) is 0 Å². The Hall–Kier alpha value is -2.04. The summed E-state index contributed by atoms with van der Waals surface area (Å²) in [5.41, 5.74) is 3.70. The molecule has 0 unspecified atom stereocenters. The summed E-state index contributed by atoms with van der Waals surface area (Å²) in [6, 6.07) is 9.23. The number of rotatable bonds is 6. The van der Waals surface area contributed by atoms with Gasteiger partial charge in [0.05, 0.1) is 0 Å². The van der Waals surface area contributed by atoms with Crippen molar-refractivity contribution < 1.29 is 4.79 Å². The molecule has 0 atom stereocenters. The molecule has 0 N–H and O–H groups in total. The number of carbonyl (C=O) groups excluding carboxylic acids is 1. The normalized spacial score (nSPS) is 13.1. The molecule has 0 amide bonds. The van der Waals surface area contributed by atoms with Crippen molar-refractivity contribution in [2.24, 2.45) is 4.99 Å². The molecule has 0 bridgehead atoms. The summed E-state index contributed by atoms with van der Waals surface area (Å²) in [5, 5.41) is 0.648. The average molecular weight is 342 g/mol. The van der Waals surface area contributed by atoms with Crippen LogP contribution in [0.3, 0.4) is 0 Å². The van der Waals surface area contributed by atoms with Crippen LogP contribution in [0.1, 0.15) is 27.9 Å². The van der Waals surface area contributed by atoms with E-state index in [1.54, 1.807) is 12.3 Å². The van der Waals surface area contributed by atoms with Gasteiger partial charge in [-0.05, 0) is 44.3 Å². The van der Waals surface area contributed by atoms with Crippen LogP contribution in [-0.4, -0.2) is 42.0 Å². The van der Waals surface area contributed by atoms with Crippen molar-refractivity contribution in [3.8, 4) is 0 Å². The number of benzene rings is 1. The molecule has 2 heterocycles. The number of nitrogens with zero attached hydrogens (tertiary/aromatic N) is 3.